The lowest BCUT2D eigenvalue weighted by Crippen LogP contribution is -2.32. The second-order valence-electron chi connectivity index (χ2n) is 6.84. The van der Waals surface area contributed by atoms with Crippen molar-refractivity contribution in [2.75, 3.05) is 31.6 Å². The lowest BCUT2D eigenvalue weighted by Gasteiger charge is -2.20. The Balaban J connectivity index is 1.36. The number of amides is 1. The van der Waals surface area contributed by atoms with E-state index in [1.807, 2.05) is 36.1 Å². The van der Waals surface area contributed by atoms with Crippen molar-refractivity contribution in [3.63, 3.8) is 0 Å². The molecule has 3 aromatic rings. The molecule has 0 unspecified atom stereocenters. The van der Waals surface area contributed by atoms with Gasteiger partial charge in [0.2, 0.25) is 11.8 Å². The van der Waals surface area contributed by atoms with Crippen LogP contribution in [0, 0.1) is 0 Å². The lowest BCUT2D eigenvalue weighted by molar-refractivity contribution is -0.117. The number of rotatable bonds is 7. The minimum Gasteiger partial charge on any atom is -0.486 e. The van der Waals surface area contributed by atoms with E-state index in [1.54, 1.807) is 24.4 Å². The second-order valence-corrected chi connectivity index (χ2v) is 7.27. The average Bonchev–Trinajstić information content (AvgIpc) is 3.22. The SMILES string of the molecule is CCN(CC(=O)Nc1ccc2c(c1)OCCO2)Cc1ncc(-c2cccc(Cl)c2)o1. The van der Waals surface area contributed by atoms with Gasteiger partial charge in [0.1, 0.15) is 13.2 Å². The highest BCUT2D eigenvalue weighted by Crippen LogP contribution is 2.32. The van der Waals surface area contributed by atoms with Gasteiger partial charge in [0.05, 0.1) is 19.3 Å². The van der Waals surface area contributed by atoms with Gasteiger partial charge in [0.25, 0.3) is 0 Å². The summed E-state index contributed by atoms with van der Waals surface area (Å²) in [6, 6.07) is 12.8. The van der Waals surface area contributed by atoms with Crippen LogP contribution < -0.4 is 14.8 Å². The summed E-state index contributed by atoms with van der Waals surface area (Å²) in [6.45, 7) is 4.32. The fourth-order valence-corrected chi connectivity index (χ4v) is 3.34. The molecule has 7 nitrogen and oxygen atoms in total. The number of benzene rings is 2. The number of anilines is 1. The Morgan fingerprint density at radius 1 is 1.17 bits per heavy atom. The number of hydrogen-bond acceptors (Lipinski definition) is 6. The van der Waals surface area contributed by atoms with Crippen LogP contribution in [0.2, 0.25) is 5.02 Å². The summed E-state index contributed by atoms with van der Waals surface area (Å²) < 4.78 is 16.9. The standard InChI is InChI=1S/C22H22ClN3O4/c1-2-26(14-22-24-12-20(30-22)15-4-3-5-16(23)10-15)13-21(27)25-17-6-7-18-19(11-17)29-9-8-28-18/h3-7,10-12H,2,8-9,13-14H2,1H3,(H,25,27). The summed E-state index contributed by atoms with van der Waals surface area (Å²) in [5, 5.41) is 3.53. The van der Waals surface area contributed by atoms with E-state index >= 15 is 0 Å². The maximum absolute atomic E-state index is 12.5. The number of carbonyl (C=O) groups excluding carboxylic acids is 1. The number of ether oxygens (including phenoxy) is 2. The molecule has 30 heavy (non-hydrogen) atoms. The van der Waals surface area contributed by atoms with Gasteiger partial charge in [-0.1, -0.05) is 30.7 Å². The summed E-state index contributed by atoms with van der Waals surface area (Å²) in [7, 11) is 0. The van der Waals surface area contributed by atoms with Gasteiger partial charge >= 0.3 is 0 Å². The average molecular weight is 428 g/mol. The van der Waals surface area contributed by atoms with Crippen LogP contribution in [0.4, 0.5) is 5.69 Å². The predicted octanol–water partition coefficient (Wildman–Crippen LogP) is 4.23. The second kappa shape index (κ2) is 9.19. The molecule has 2 heterocycles. The van der Waals surface area contributed by atoms with Gasteiger partial charge in [-0.2, -0.15) is 0 Å². The minimum absolute atomic E-state index is 0.129. The Morgan fingerprint density at radius 3 is 2.80 bits per heavy atom. The van der Waals surface area contributed by atoms with Gasteiger partial charge in [-0.15, -0.1) is 0 Å². The van der Waals surface area contributed by atoms with Gasteiger partial charge in [0.15, 0.2) is 17.3 Å². The molecular formula is C22H22ClN3O4. The van der Waals surface area contributed by atoms with E-state index in [0.29, 0.717) is 60.2 Å². The van der Waals surface area contributed by atoms with Crippen LogP contribution in [0.1, 0.15) is 12.8 Å². The summed E-state index contributed by atoms with van der Waals surface area (Å²) in [4.78, 5) is 18.8. The molecule has 1 aliphatic rings. The van der Waals surface area contributed by atoms with Crippen molar-refractivity contribution in [1.29, 1.82) is 0 Å². The topological polar surface area (TPSA) is 76.8 Å². The third kappa shape index (κ3) is 4.93. The van der Waals surface area contributed by atoms with Gasteiger partial charge in [0, 0.05) is 22.3 Å². The van der Waals surface area contributed by atoms with Gasteiger partial charge in [-0.25, -0.2) is 4.98 Å². The van der Waals surface area contributed by atoms with Gasteiger partial charge in [-0.05, 0) is 30.8 Å². The molecule has 0 atom stereocenters. The number of nitrogens with zero attached hydrogens (tertiary/aromatic N) is 2. The number of hydrogen-bond donors (Lipinski definition) is 1. The van der Waals surface area contributed by atoms with E-state index in [4.69, 9.17) is 25.5 Å². The number of nitrogens with one attached hydrogen (secondary N) is 1. The van der Waals surface area contributed by atoms with Crippen molar-refractivity contribution < 1.29 is 18.7 Å². The molecule has 2 aromatic carbocycles. The van der Waals surface area contributed by atoms with Gasteiger partial charge < -0.3 is 19.2 Å². The lowest BCUT2D eigenvalue weighted by atomic mass is 10.2. The third-order valence-corrected chi connectivity index (χ3v) is 4.90. The van der Waals surface area contributed by atoms with Crippen LogP contribution in [0.25, 0.3) is 11.3 Å². The maximum Gasteiger partial charge on any atom is 0.238 e. The zero-order valence-corrected chi connectivity index (χ0v) is 17.3. The molecule has 0 saturated carbocycles. The Bertz CT molecular complexity index is 1040. The molecule has 0 radical (unpaired) electrons. The number of likely N-dealkylation sites (N-methyl/N-ethyl adjacent to an activating group) is 1. The van der Waals surface area contributed by atoms with Crippen LogP contribution in [0.15, 0.2) is 53.1 Å². The highest BCUT2D eigenvalue weighted by molar-refractivity contribution is 6.30. The maximum atomic E-state index is 12.5. The number of halogens is 1. The first-order chi connectivity index (χ1) is 14.6. The molecule has 8 heteroatoms. The summed E-state index contributed by atoms with van der Waals surface area (Å²) in [5.41, 5.74) is 1.53. The number of carbonyl (C=O) groups is 1. The van der Waals surface area contributed by atoms with Crippen LogP contribution in [-0.2, 0) is 11.3 Å². The zero-order chi connectivity index (χ0) is 20.9. The molecule has 1 N–H and O–H groups in total. The van der Waals surface area contributed by atoms with Crippen molar-refractivity contribution in [1.82, 2.24) is 9.88 Å². The highest BCUT2D eigenvalue weighted by Gasteiger charge is 2.16. The first-order valence-corrected chi connectivity index (χ1v) is 10.1. The van der Waals surface area contributed by atoms with E-state index in [2.05, 4.69) is 10.3 Å². The Morgan fingerprint density at radius 2 is 2.00 bits per heavy atom. The Labute approximate surface area is 179 Å². The number of oxazole rings is 1. The van der Waals surface area contributed by atoms with Crippen molar-refractivity contribution in [3.8, 4) is 22.8 Å². The van der Waals surface area contributed by atoms with E-state index in [0.717, 1.165) is 5.56 Å². The Kier molecular flexibility index (Phi) is 6.21. The summed E-state index contributed by atoms with van der Waals surface area (Å²) in [6.07, 6.45) is 1.67. The molecule has 0 saturated heterocycles. The summed E-state index contributed by atoms with van der Waals surface area (Å²) in [5.74, 6) is 2.38. The first kappa shape index (κ1) is 20.3. The van der Waals surface area contributed by atoms with Crippen molar-refractivity contribution >= 4 is 23.2 Å². The quantitative estimate of drug-likeness (QED) is 0.608. The first-order valence-electron chi connectivity index (χ1n) is 9.73. The van der Waals surface area contributed by atoms with Crippen LogP contribution in [0.3, 0.4) is 0 Å². The fraction of sp³-hybridized carbons (Fsp3) is 0.273. The van der Waals surface area contributed by atoms with Crippen molar-refractivity contribution in [2.45, 2.75) is 13.5 Å². The molecule has 0 bridgehead atoms. The Hall–Kier alpha value is -3.03. The van der Waals surface area contributed by atoms with E-state index in [9.17, 15) is 4.79 Å². The molecule has 0 spiro atoms. The number of fused-ring (bicyclic) bond motifs is 1. The zero-order valence-electron chi connectivity index (χ0n) is 16.6. The molecular weight excluding hydrogens is 406 g/mol. The minimum atomic E-state index is -0.129. The van der Waals surface area contributed by atoms with Crippen LogP contribution in [0.5, 0.6) is 11.5 Å². The van der Waals surface area contributed by atoms with E-state index in [-0.39, 0.29) is 12.5 Å². The fourth-order valence-electron chi connectivity index (χ4n) is 3.15. The third-order valence-electron chi connectivity index (χ3n) is 4.66. The smallest absolute Gasteiger partial charge is 0.238 e. The van der Waals surface area contributed by atoms with E-state index in [1.165, 1.54) is 0 Å². The van der Waals surface area contributed by atoms with Crippen molar-refractivity contribution in [3.05, 3.63) is 59.6 Å². The molecule has 156 valence electrons. The highest BCUT2D eigenvalue weighted by atomic mass is 35.5. The number of aromatic nitrogens is 1. The van der Waals surface area contributed by atoms with Crippen LogP contribution >= 0.6 is 11.6 Å². The molecule has 0 aliphatic carbocycles. The molecule has 1 aliphatic heterocycles. The molecule has 1 aromatic heterocycles. The molecule has 1 amide bonds. The molecule has 4 rings (SSSR count). The van der Waals surface area contributed by atoms with Crippen molar-refractivity contribution in [2.24, 2.45) is 0 Å². The summed E-state index contributed by atoms with van der Waals surface area (Å²) >= 11 is 6.04. The molecule has 0 fully saturated rings. The monoisotopic (exact) mass is 427 g/mol. The largest absolute Gasteiger partial charge is 0.486 e. The normalized spacial score (nSPS) is 12.8. The van der Waals surface area contributed by atoms with E-state index < -0.39 is 0 Å². The van der Waals surface area contributed by atoms with Gasteiger partial charge in [-0.3, -0.25) is 9.69 Å². The predicted molar refractivity (Wildman–Crippen MR) is 114 cm³/mol. The van der Waals surface area contributed by atoms with Crippen LogP contribution in [-0.4, -0.2) is 42.1 Å².